The van der Waals surface area contributed by atoms with Gasteiger partial charge in [-0.3, -0.25) is 4.79 Å². The summed E-state index contributed by atoms with van der Waals surface area (Å²) in [7, 11) is 3.73. The number of likely N-dealkylation sites (N-methyl/N-ethyl adjacent to an activating group) is 1. The van der Waals surface area contributed by atoms with Crippen LogP contribution in [0.25, 0.3) is 11.3 Å². The largest absolute Gasteiger partial charge is 0.497 e. The van der Waals surface area contributed by atoms with Gasteiger partial charge in [-0.15, -0.1) is 10.2 Å². The van der Waals surface area contributed by atoms with Crippen molar-refractivity contribution in [3.05, 3.63) is 60.7 Å². The van der Waals surface area contributed by atoms with E-state index in [1.807, 2.05) is 36.4 Å². The Morgan fingerprint density at radius 2 is 1.59 bits per heavy atom. The van der Waals surface area contributed by atoms with Crippen LogP contribution in [0.5, 0.6) is 11.5 Å². The van der Waals surface area contributed by atoms with Crippen LogP contribution in [0.3, 0.4) is 0 Å². The van der Waals surface area contributed by atoms with E-state index in [0.29, 0.717) is 11.4 Å². The molecule has 2 aromatic carbocycles. The SMILES string of the molecule is COc1ccc(OCC(=O)Nc2ccc(-c3ccc(N4CCN(C)CC4)nn3)cc2)cc1. The summed E-state index contributed by atoms with van der Waals surface area (Å²) in [4.78, 5) is 16.7. The van der Waals surface area contributed by atoms with Crippen LogP contribution in [0.2, 0.25) is 0 Å². The summed E-state index contributed by atoms with van der Waals surface area (Å²) in [5.74, 6) is 2.02. The Morgan fingerprint density at radius 3 is 2.22 bits per heavy atom. The van der Waals surface area contributed by atoms with Gasteiger partial charge in [0, 0.05) is 37.4 Å². The molecule has 32 heavy (non-hydrogen) atoms. The number of carbonyl (C=O) groups is 1. The number of rotatable bonds is 7. The summed E-state index contributed by atoms with van der Waals surface area (Å²) in [5.41, 5.74) is 2.43. The maximum atomic E-state index is 12.2. The van der Waals surface area contributed by atoms with Gasteiger partial charge in [-0.05, 0) is 55.6 Å². The lowest BCUT2D eigenvalue weighted by Gasteiger charge is -2.32. The Morgan fingerprint density at radius 1 is 0.906 bits per heavy atom. The summed E-state index contributed by atoms with van der Waals surface area (Å²) >= 11 is 0. The van der Waals surface area contributed by atoms with Crippen LogP contribution in [0.4, 0.5) is 11.5 Å². The average Bonchev–Trinajstić information content (AvgIpc) is 2.84. The molecule has 2 heterocycles. The molecular formula is C24H27N5O3. The first-order valence-electron chi connectivity index (χ1n) is 10.5. The number of ether oxygens (including phenoxy) is 2. The van der Waals surface area contributed by atoms with Gasteiger partial charge in [-0.25, -0.2) is 0 Å². The Hall–Kier alpha value is -3.65. The molecule has 1 N–H and O–H groups in total. The van der Waals surface area contributed by atoms with Crippen molar-refractivity contribution in [1.82, 2.24) is 15.1 Å². The molecule has 1 aliphatic heterocycles. The Kier molecular flexibility index (Phi) is 6.81. The minimum atomic E-state index is -0.232. The van der Waals surface area contributed by atoms with Gasteiger partial charge in [0.05, 0.1) is 12.8 Å². The van der Waals surface area contributed by atoms with E-state index < -0.39 is 0 Å². The molecule has 1 aliphatic rings. The van der Waals surface area contributed by atoms with Gasteiger partial charge in [0.25, 0.3) is 5.91 Å². The molecule has 0 saturated carbocycles. The molecule has 4 rings (SSSR count). The molecule has 166 valence electrons. The molecule has 1 aromatic heterocycles. The molecule has 0 bridgehead atoms. The van der Waals surface area contributed by atoms with Gasteiger partial charge in [0.15, 0.2) is 12.4 Å². The maximum absolute atomic E-state index is 12.2. The number of benzene rings is 2. The minimum absolute atomic E-state index is 0.0761. The number of methoxy groups -OCH3 is 1. The number of hydrogen-bond donors (Lipinski definition) is 1. The van der Waals surface area contributed by atoms with Crippen molar-refractivity contribution >= 4 is 17.4 Å². The first-order chi connectivity index (χ1) is 15.6. The molecule has 8 heteroatoms. The van der Waals surface area contributed by atoms with E-state index in [0.717, 1.165) is 49.0 Å². The predicted molar refractivity (Wildman–Crippen MR) is 124 cm³/mol. The number of piperazine rings is 1. The molecule has 0 atom stereocenters. The van der Waals surface area contributed by atoms with E-state index in [1.54, 1.807) is 31.4 Å². The van der Waals surface area contributed by atoms with Crippen molar-refractivity contribution in [1.29, 1.82) is 0 Å². The van der Waals surface area contributed by atoms with Gasteiger partial charge in [-0.1, -0.05) is 12.1 Å². The second-order valence-electron chi connectivity index (χ2n) is 7.66. The van der Waals surface area contributed by atoms with E-state index >= 15 is 0 Å². The van der Waals surface area contributed by atoms with E-state index in [4.69, 9.17) is 9.47 Å². The second-order valence-corrected chi connectivity index (χ2v) is 7.66. The fourth-order valence-corrected chi connectivity index (χ4v) is 3.43. The lowest BCUT2D eigenvalue weighted by atomic mass is 10.1. The normalized spacial score (nSPS) is 14.1. The molecule has 0 radical (unpaired) electrons. The molecule has 8 nitrogen and oxygen atoms in total. The first kappa shape index (κ1) is 21.6. The number of hydrogen-bond acceptors (Lipinski definition) is 7. The third-order valence-electron chi connectivity index (χ3n) is 5.37. The quantitative estimate of drug-likeness (QED) is 0.614. The maximum Gasteiger partial charge on any atom is 0.262 e. The molecule has 3 aromatic rings. The molecule has 0 spiro atoms. The molecular weight excluding hydrogens is 406 g/mol. The monoisotopic (exact) mass is 433 g/mol. The van der Waals surface area contributed by atoms with Crippen molar-refractivity contribution in [2.75, 3.05) is 57.2 Å². The fraction of sp³-hybridized carbons (Fsp3) is 0.292. The van der Waals surface area contributed by atoms with Crippen molar-refractivity contribution < 1.29 is 14.3 Å². The number of nitrogens with zero attached hydrogens (tertiary/aromatic N) is 4. The van der Waals surface area contributed by atoms with E-state index in [1.165, 1.54) is 0 Å². The Balaban J connectivity index is 1.30. The molecule has 0 aliphatic carbocycles. The molecule has 1 saturated heterocycles. The van der Waals surface area contributed by atoms with Crippen LogP contribution < -0.4 is 19.7 Å². The summed E-state index contributed by atoms with van der Waals surface area (Å²) in [6, 6.07) is 18.6. The third-order valence-corrected chi connectivity index (χ3v) is 5.37. The predicted octanol–water partition coefficient (Wildman–Crippen LogP) is 2.92. The highest BCUT2D eigenvalue weighted by atomic mass is 16.5. The number of aromatic nitrogens is 2. The highest BCUT2D eigenvalue weighted by molar-refractivity contribution is 5.92. The van der Waals surface area contributed by atoms with Crippen molar-refractivity contribution in [3.8, 4) is 22.8 Å². The zero-order chi connectivity index (χ0) is 22.3. The second kappa shape index (κ2) is 10.1. The third kappa shape index (κ3) is 5.53. The fourth-order valence-electron chi connectivity index (χ4n) is 3.43. The average molecular weight is 434 g/mol. The van der Waals surface area contributed by atoms with Crippen LogP contribution in [-0.2, 0) is 4.79 Å². The first-order valence-corrected chi connectivity index (χ1v) is 10.5. The number of nitrogens with one attached hydrogen (secondary N) is 1. The summed E-state index contributed by atoms with van der Waals surface area (Å²) < 4.78 is 10.6. The highest BCUT2D eigenvalue weighted by Crippen LogP contribution is 2.21. The van der Waals surface area contributed by atoms with E-state index in [9.17, 15) is 4.79 Å². The van der Waals surface area contributed by atoms with Crippen LogP contribution >= 0.6 is 0 Å². The topological polar surface area (TPSA) is 79.8 Å². The molecule has 0 unspecified atom stereocenters. The van der Waals surface area contributed by atoms with Gasteiger partial charge < -0.3 is 24.6 Å². The van der Waals surface area contributed by atoms with Gasteiger partial charge in [0.1, 0.15) is 11.5 Å². The highest BCUT2D eigenvalue weighted by Gasteiger charge is 2.15. The number of amides is 1. The standard InChI is InChI=1S/C24H27N5O3/c1-28-13-15-29(16-14-28)23-12-11-22(26-27-23)18-3-5-19(6-4-18)25-24(30)17-32-21-9-7-20(31-2)8-10-21/h3-12H,13-17H2,1-2H3,(H,25,30). The zero-order valence-electron chi connectivity index (χ0n) is 18.3. The number of anilines is 2. The van der Waals surface area contributed by atoms with Gasteiger partial charge in [-0.2, -0.15) is 0 Å². The molecule has 1 amide bonds. The van der Waals surface area contributed by atoms with Crippen LogP contribution in [-0.4, -0.2) is 67.9 Å². The zero-order valence-corrected chi connectivity index (χ0v) is 18.3. The van der Waals surface area contributed by atoms with Crippen molar-refractivity contribution in [3.63, 3.8) is 0 Å². The van der Waals surface area contributed by atoms with Crippen molar-refractivity contribution in [2.45, 2.75) is 0 Å². The minimum Gasteiger partial charge on any atom is -0.497 e. The smallest absolute Gasteiger partial charge is 0.262 e. The van der Waals surface area contributed by atoms with E-state index in [2.05, 4.69) is 32.4 Å². The van der Waals surface area contributed by atoms with Gasteiger partial charge in [0.2, 0.25) is 0 Å². The van der Waals surface area contributed by atoms with Crippen LogP contribution in [0.1, 0.15) is 0 Å². The van der Waals surface area contributed by atoms with Gasteiger partial charge >= 0.3 is 0 Å². The summed E-state index contributed by atoms with van der Waals surface area (Å²) in [6.45, 7) is 3.90. The van der Waals surface area contributed by atoms with Crippen molar-refractivity contribution in [2.24, 2.45) is 0 Å². The lowest BCUT2D eigenvalue weighted by Crippen LogP contribution is -2.44. The van der Waals surface area contributed by atoms with Crippen LogP contribution in [0.15, 0.2) is 60.7 Å². The molecule has 1 fully saturated rings. The lowest BCUT2D eigenvalue weighted by molar-refractivity contribution is -0.118. The Labute approximate surface area is 187 Å². The van der Waals surface area contributed by atoms with Crippen LogP contribution in [0, 0.1) is 0 Å². The summed E-state index contributed by atoms with van der Waals surface area (Å²) in [5, 5.41) is 11.6. The van der Waals surface area contributed by atoms with E-state index in [-0.39, 0.29) is 12.5 Å². The Bertz CT molecular complexity index is 1020. The number of carbonyl (C=O) groups excluding carboxylic acids is 1. The summed E-state index contributed by atoms with van der Waals surface area (Å²) in [6.07, 6.45) is 0.